The average Bonchev–Trinajstić information content (AvgIpc) is 3.34. The van der Waals surface area contributed by atoms with Gasteiger partial charge in [0.15, 0.2) is 0 Å². The van der Waals surface area contributed by atoms with E-state index in [1.54, 1.807) is 0 Å². The first kappa shape index (κ1) is 63.1. The van der Waals surface area contributed by atoms with Crippen LogP contribution < -0.4 is 0 Å². The van der Waals surface area contributed by atoms with Crippen molar-refractivity contribution < 1.29 is 38.1 Å². The third kappa shape index (κ3) is 23.9. The van der Waals surface area contributed by atoms with Gasteiger partial charge in [-0.15, -0.1) is 0 Å². The zero-order valence-electron chi connectivity index (χ0n) is 47.9. The van der Waals surface area contributed by atoms with Crippen LogP contribution in [0.2, 0.25) is 0 Å². The second-order valence-electron chi connectivity index (χ2n) is 24.4. The summed E-state index contributed by atoms with van der Waals surface area (Å²) in [5, 5.41) is 0. The summed E-state index contributed by atoms with van der Waals surface area (Å²) in [5.74, 6) is 0.669. The fourth-order valence-corrected chi connectivity index (χ4v) is 14.3. The van der Waals surface area contributed by atoms with Crippen molar-refractivity contribution in [2.45, 2.75) is 287 Å². The number of hydrogen-bond donors (Lipinski definition) is 0. The van der Waals surface area contributed by atoms with Crippen LogP contribution in [0, 0.1) is 39.4 Å². The first-order valence-corrected chi connectivity index (χ1v) is 30.6. The van der Waals surface area contributed by atoms with Gasteiger partial charge in [0.1, 0.15) is 0 Å². The summed E-state index contributed by atoms with van der Waals surface area (Å²) in [5.41, 5.74) is -1.65. The standard InChI is InChI=1S/C62H113NO8/c1-9-17-23-30-52(31-24-18-10-2)37-38-56(65)69-49-60-42-59(48-68-55(64)36-29-39-63(15-7)16-8)43-61(45-60,50-70-57(66)40-53(32-25-19-11-3)33-26-20-12-4)47-62(44-59,46-60)51-71-58(67)41-54(34-27-21-13-5)35-28-22-14-6/h52-54H,9-51H2,1-8H3. The second kappa shape index (κ2) is 35.2. The van der Waals surface area contributed by atoms with Crippen LogP contribution in [-0.4, -0.2) is 74.8 Å². The van der Waals surface area contributed by atoms with Gasteiger partial charge in [-0.2, -0.15) is 0 Å². The number of rotatable bonds is 45. The predicted octanol–water partition coefficient (Wildman–Crippen LogP) is 16.5. The summed E-state index contributed by atoms with van der Waals surface area (Å²) in [4.78, 5) is 57.9. The molecule has 0 spiro atoms. The molecule has 4 bridgehead atoms. The molecule has 71 heavy (non-hydrogen) atoms. The van der Waals surface area contributed by atoms with E-state index in [1.807, 2.05) is 0 Å². The van der Waals surface area contributed by atoms with Crippen molar-refractivity contribution in [2.75, 3.05) is 46.1 Å². The highest BCUT2D eigenvalue weighted by Gasteiger charge is 2.69. The molecule has 0 aromatic carbocycles. The van der Waals surface area contributed by atoms with Gasteiger partial charge in [0.05, 0.1) is 26.4 Å². The van der Waals surface area contributed by atoms with E-state index < -0.39 is 21.7 Å². The Morgan fingerprint density at radius 2 is 0.634 bits per heavy atom. The molecule has 0 aromatic heterocycles. The molecule has 0 amide bonds. The third-order valence-electron chi connectivity index (χ3n) is 17.4. The maximum atomic E-state index is 14.0. The fourth-order valence-electron chi connectivity index (χ4n) is 14.3. The lowest BCUT2D eigenvalue weighted by molar-refractivity contribution is -0.249. The topological polar surface area (TPSA) is 108 Å². The third-order valence-corrected chi connectivity index (χ3v) is 17.4. The van der Waals surface area contributed by atoms with Crippen molar-refractivity contribution in [2.24, 2.45) is 39.4 Å². The molecule has 0 heterocycles. The molecule has 4 saturated carbocycles. The lowest BCUT2D eigenvalue weighted by Gasteiger charge is -2.69. The molecule has 0 aromatic rings. The van der Waals surface area contributed by atoms with Crippen molar-refractivity contribution in [3.8, 4) is 0 Å². The number of ether oxygens (including phenoxy) is 4. The zero-order chi connectivity index (χ0) is 51.9. The molecule has 0 aliphatic heterocycles. The minimum Gasteiger partial charge on any atom is -0.465 e. The lowest BCUT2D eigenvalue weighted by atomic mass is 9.36. The summed E-state index contributed by atoms with van der Waals surface area (Å²) in [7, 11) is 0. The van der Waals surface area contributed by atoms with Crippen LogP contribution in [-0.2, 0) is 38.1 Å². The molecule has 4 aliphatic carbocycles. The summed E-state index contributed by atoms with van der Waals surface area (Å²) < 4.78 is 25.8. The largest absolute Gasteiger partial charge is 0.465 e. The molecule has 9 heteroatoms. The van der Waals surface area contributed by atoms with Gasteiger partial charge in [0.25, 0.3) is 0 Å². The van der Waals surface area contributed by atoms with Gasteiger partial charge in [-0.3, -0.25) is 19.2 Å². The monoisotopic (exact) mass is 1000 g/mol. The van der Waals surface area contributed by atoms with E-state index in [2.05, 4.69) is 60.3 Å². The maximum absolute atomic E-state index is 14.0. The minimum atomic E-state index is -0.413. The Morgan fingerprint density at radius 1 is 0.352 bits per heavy atom. The number of hydrogen-bond acceptors (Lipinski definition) is 9. The molecule has 4 fully saturated rings. The van der Waals surface area contributed by atoms with Crippen LogP contribution in [0.1, 0.15) is 287 Å². The summed E-state index contributed by atoms with van der Waals surface area (Å²) in [6.45, 7) is 21.7. The Bertz CT molecular complexity index is 1370. The normalized spacial score (nSPS) is 22.5. The van der Waals surface area contributed by atoms with Crippen LogP contribution in [0.3, 0.4) is 0 Å². The molecular formula is C62H113NO8. The Balaban J connectivity index is 1.96. The Morgan fingerprint density at radius 3 is 0.930 bits per heavy atom. The van der Waals surface area contributed by atoms with Crippen LogP contribution in [0.25, 0.3) is 0 Å². The molecule has 0 radical (unpaired) electrons. The van der Waals surface area contributed by atoms with E-state index >= 15 is 0 Å². The van der Waals surface area contributed by atoms with E-state index in [4.69, 9.17) is 18.9 Å². The van der Waals surface area contributed by atoms with E-state index in [-0.39, 0.29) is 30.5 Å². The predicted molar refractivity (Wildman–Crippen MR) is 292 cm³/mol. The molecule has 4 rings (SSSR count). The highest BCUT2D eigenvalue weighted by atomic mass is 16.5. The number of carbonyl (C=O) groups is 4. The van der Waals surface area contributed by atoms with Gasteiger partial charge in [-0.25, -0.2) is 0 Å². The van der Waals surface area contributed by atoms with Crippen LogP contribution in [0.5, 0.6) is 0 Å². The quantitative estimate of drug-likeness (QED) is 0.0335. The second-order valence-corrected chi connectivity index (χ2v) is 24.4. The van der Waals surface area contributed by atoms with E-state index in [0.717, 1.165) is 148 Å². The van der Waals surface area contributed by atoms with Gasteiger partial charge in [-0.05, 0) is 114 Å². The average molecular weight is 1000 g/mol. The smallest absolute Gasteiger partial charge is 0.306 e. The molecule has 9 nitrogen and oxygen atoms in total. The van der Waals surface area contributed by atoms with Crippen LogP contribution in [0.15, 0.2) is 0 Å². The van der Waals surface area contributed by atoms with Crippen molar-refractivity contribution >= 4 is 23.9 Å². The summed E-state index contributed by atoms with van der Waals surface area (Å²) in [6, 6.07) is 0. The Hall–Kier alpha value is -2.16. The highest BCUT2D eigenvalue weighted by Crippen LogP contribution is 2.74. The molecule has 414 valence electrons. The van der Waals surface area contributed by atoms with Gasteiger partial charge in [0.2, 0.25) is 0 Å². The van der Waals surface area contributed by atoms with E-state index in [0.29, 0.717) is 63.3 Å². The van der Waals surface area contributed by atoms with E-state index in [1.165, 1.54) is 77.0 Å². The molecule has 0 N–H and O–H groups in total. The molecule has 4 aliphatic rings. The molecular weight excluding hydrogens is 887 g/mol. The Labute approximate surface area is 437 Å². The van der Waals surface area contributed by atoms with Gasteiger partial charge in [-0.1, -0.05) is 184 Å². The van der Waals surface area contributed by atoms with Crippen LogP contribution in [0.4, 0.5) is 0 Å². The number of esters is 4. The fraction of sp³-hybridized carbons (Fsp3) is 0.935. The van der Waals surface area contributed by atoms with Gasteiger partial charge >= 0.3 is 23.9 Å². The minimum absolute atomic E-state index is 0.113. The number of carbonyl (C=O) groups excluding carboxylic acids is 4. The van der Waals surface area contributed by atoms with Crippen molar-refractivity contribution in [1.29, 1.82) is 0 Å². The number of unbranched alkanes of at least 4 members (excludes halogenated alkanes) is 12. The summed E-state index contributed by atoms with van der Waals surface area (Å²) >= 11 is 0. The van der Waals surface area contributed by atoms with Crippen LogP contribution >= 0.6 is 0 Å². The van der Waals surface area contributed by atoms with E-state index in [9.17, 15) is 19.2 Å². The SMILES string of the molecule is CCCCCC(CCCCC)CCC(=O)OCC12CC3(COC(=O)CCCN(CC)CC)CC(COC(=O)CC(CCCCC)CCCCC)(C1)CC(COC(=O)CC(CCCCC)CCCCC)(C3)C2. The molecule has 0 saturated heterocycles. The first-order valence-electron chi connectivity index (χ1n) is 30.6. The maximum Gasteiger partial charge on any atom is 0.306 e. The van der Waals surface area contributed by atoms with Crippen molar-refractivity contribution in [1.82, 2.24) is 4.90 Å². The molecule has 2 atom stereocenters. The first-order chi connectivity index (χ1) is 34.3. The van der Waals surface area contributed by atoms with Gasteiger partial charge in [0, 0.05) is 47.3 Å². The van der Waals surface area contributed by atoms with Crippen molar-refractivity contribution in [3.05, 3.63) is 0 Å². The highest BCUT2D eigenvalue weighted by molar-refractivity contribution is 5.71. The lowest BCUT2D eigenvalue weighted by Crippen LogP contribution is -2.65. The molecule has 2 unspecified atom stereocenters. The Kier molecular flexibility index (Phi) is 31.3. The van der Waals surface area contributed by atoms with Gasteiger partial charge < -0.3 is 23.8 Å². The zero-order valence-corrected chi connectivity index (χ0v) is 47.9. The number of nitrogens with zero attached hydrogens (tertiary/aromatic N) is 1. The summed E-state index contributed by atoms with van der Waals surface area (Å²) in [6.07, 6.45) is 35.7. The van der Waals surface area contributed by atoms with Crippen molar-refractivity contribution in [3.63, 3.8) is 0 Å².